The van der Waals surface area contributed by atoms with Crippen LogP contribution in [0, 0.1) is 0 Å². The number of nitrogens with one attached hydrogen (secondary N) is 1. The molecule has 1 amide bonds. The summed E-state index contributed by atoms with van der Waals surface area (Å²) in [5.74, 6) is -0.0742. The first-order chi connectivity index (χ1) is 10.2. The van der Waals surface area contributed by atoms with E-state index >= 15 is 0 Å². The molecule has 4 nitrogen and oxygen atoms in total. The minimum absolute atomic E-state index is 0.0742. The number of rotatable bonds is 7. The largest absolute Gasteiger partial charge is 0.352 e. The van der Waals surface area contributed by atoms with E-state index in [0.717, 1.165) is 19.1 Å². The Morgan fingerprint density at radius 2 is 2.00 bits per heavy atom. The number of aryl methyl sites for hydroxylation is 1. The minimum Gasteiger partial charge on any atom is -0.352 e. The molecule has 0 bridgehead atoms. The number of nitrogens with zero attached hydrogens (tertiary/aromatic N) is 1. The highest BCUT2D eigenvalue weighted by Crippen LogP contribution is 2.05. The molecule has 1 heterocycles. The summed E-state index contributed by atoms with van der Waals surface area (Å²) in [6.07, 6.45) is 4.32. The summed E-state index contributed by atoms with van der Waals surface area (Å²) in [5, 5.41) is 2.96. The molecule has 0 saturated carbocycles. The van der Waals surface area contributed by atoms with Crippen molar-refractivity contribution in [1.82, 2.24) is 9.88 Å². The molecule has 0 radical (unpaired) electrons. The van der Waals surface area contributed by atoms with Gasteiger partial charge in [0.1, 0.15) is 6.54 Å². The van der Waals surface area contributed by atoms with Gasteiger partial charge in [-0.15, -0.1) is 0 Å². The summed E-state index contributed by atoms with van der Waals surface area (Å²) < 4.78 is 1.65. The Balaban J connectivity index is 1.78. The highest BCUT2D eigenvalue weighted by molar-refractivity contribution is 5.78. The lowest BCUT2D eigenvalue weighted by atomic mass is 10.1. The Morgan fingerprint density at radius 3 is 2.71 bits per heavy atom. The Morgan fingerprint density at radius 1 is 1.24 bits per heavy atom. The second kappa shape index (κ2) is 7.43. The SMILES string of the molecule is C[C@@H](CCc1ccccc1)NC(=O)Cn1cccc1C=O. The van der Waals surface area contributed by atoms with Gasteiger partial charge in [-0.2, -0.15) is 0 Å². The van der Waals surface area contributed by atoms with Crippen LogP contribution in [0.5, 0.6) is 0 Å². The molecule has 1 atom stereocenters. The maximum absolute atomic E-state index is 12.0. The van der Waals surface area contributed by atoms with Gasteiger partial charge in [0.2, 0.25) is 5.91 Å². The normalized spacial score (nSPS) is 11.9. The van der Waals surface area contributed by atoms with E-state index in [1.807, 2.05) is 25.1 Å². The van der Waals surface area contributed by atoms with Crippen molar-refractivity contribution in [3.8, 4) is 0 Å². The highest BCUT2D eigenvalue weighted by atomic mass is 16.2. The van der Waals surface area contributed by atoms with E-state index in [9.17, 15) is 9.59 Å². The third kappa shape index (κ3) is 4.60. The molecule has 2 aromatic rings. The van der Waals surface area contributed by atoms with Crippen LogP contribution >= 0.6 is 0 Å². The fraction of sp³-hybridized carbons (Fsp3) is 0.294. The van der Waals surface area contributed by atoms with Crippen LogP contribution in [-0.4, -0.2) is 22.8 Å². The summed E-state index contributed by atoms with van der Waals surface area (Å²) in [6.45, 7) is 2.17. The number of carbonyl (C=O) groups is 2. The average Bonchev–Trinajstić information content (AvgIpc) is 2.93. The minimum atomic E-state index is -0.0742. The second-order valence-electron chi connectivity index (χ2n) is 5.17. The van der Waals surface area contributed by atoms with Gasteiger partial charge in [0.15, 0.2) is 6.29 Å². The molecule has 0 saturated heterocycles. The smallest absolute Gasteiger partial charge is 0.240 e. The first-order valence-corrected chi connectivity index (χ1v) is 7.12. The van der Waals surface area contributed by atoms with Crippen LogP contribution in [0.15, 0.2) is 48.7 Å². The van der Waals surface area contributed by atoms with Crippen molar-refractivity contribution in [3.05, 3.63) is 59.9 Å². The van der Waals surface area contributed by atoms with Crippen LogP contribution in [-0.2, 0) is 17.8 Å². The van der Waals surface area contributed by atoms with Gasteiger partial charge in [0, 0.05) is 12.2 Å². The van der Waals surface area contributed by atoms with E-state index in [2.05, 4.69) is 17.4 Å². The van der Waals surface area contributed by atoms with E-state index in [1.165, 1.54) is 5.56 Å². The maximum atomic E-state index is 12.0. The third-order valence-electron chi connectivity index (χ3n) is 3.42. The molecular formula is C17H20N2O2. The van der Waals surface area contributed by atoms with Crippen molar-refractivity contribution >= 4 is 12.2 Å². The number of benzene rings is 1. The van der Waals surface area contributed by atoms with E-state index in [0.29, 0.717) is 5.69 Å². The quantitative estimate of drug-likeness (QED) is 0.794. The van der Waals surface area contributed by atoms with Crippen LogP contribution in [0.2, 0.25) is 0 Å². The number of aromatic nitrogens is 1. The molecule has 1 N–H and O–H groups in total. The molecule has 0 aliphatic heterocycles. The van der Waals surface area contributed by atoms with Crippen molar-refractivity contribution in [2.75, 3.05) is 0 Å². The zero-order valence-corrected chi connectivity index (χ0v) is 12.2. The molecule has 2 rings (SSSR count). The standard InChI is InChI=1S/C17H20N2O2/c1-14(9-10-15-6-3-2-4-7-15)18-17(21)12-19-11-5-8-16(19)13-20/h2-8,11,13-14H,9-10,12H2,1H3,(H,18,21)/t14-/m0/s1. The zero-order valence-electron chi connectivity index (χ0n) is 12.2. The van der Waals surface area contributed by atoms with Gasteiger partial charge >= 0.3 is 0 Å². The molecule has 110 valence electrons. The van der Waals surface area contributed by atoms with Gasteiger partial charge in [-0.25, -0.2) is 0 Å². The van der Waals surface area contributed by atoms with Crippen molar-refractivity contribution in [2.24, 2.45) is 0 Å². The molecule has 0 aliphatic carbocycles. The average molecular weight is 284 g/mol. The molecule has 21 heavy (non-hydrogen) atoms. The van der Waals surface area contributed by atoms with Crippen LogP contribution < -0.4 is 5.32 Å². The fourth-order valence-electron chi connectivity index (χ4n) is 2.25. The maximum Gasteiger partial charge on any atom is 0.240 e. The van der Waals surface area contributed by atoms with E-state index < -0.39 is 0 Å². The summed E-state index contributed by atoms with van der Waals surface area (Å²) in [5.41, 5.74) is 1.79. The Hall–Kier alpha value is -2.36. The molecule has 0 aliphatic rings. The summed E-state index contributed by atoms with van der Waals surface area (Å²) in [6, 6.07) is 13.8. The monoisotopic (exact) mass is 284 g/mol. The topological polar surface area (TPSA) is 51.1 Å². The van der Waals surface area contributed by atoms with Gasteiger partial charge in [-0.1, -0.05) is 30.3 Å². The molecule has 0 fully saturated rings. The van der Waals surface area contributed by atoms with Crippen molar-refractivity contribution < 1.29 is 9.59 Å². The molecular weight excluding hydrogens is 264 g/mol. The Bertz CT molecular complexity index is 590. The molecule has 1 aromatic carbocycles. The number of carbonyl (C=O) groups excluding carboxylic acids is 2. The van der Waals surface area contributed by atoms with Gasteiger partial charge in [-0.05, 0) is 37.5 Å². The Labute approximate surface area is 124 Å². The van der Waals surface area contributed by atoms with E-state index in [1.54, 1.807) is 22.9 Å². The number of hydrogen-bond acceptors (Lipinski definition) is 2. The first-order valence-electron chi connectivity index (χ1n) is 7.12. The summed E-state index contributed by atoms with van der Waals surface area (Å²) >= 11 is 0. The van der Waals surface area contributed by atoms with Gasteiger partial charge in [0.05, 0.1) is 5.69 Å². The van der Waals surface area contributed by atoms with Gasteiger partial charge in [-0.3, -0.25) is 9.59 Å². The van der Waals surface area contributed by atoms with E-state index in [4.69, 9.17) is 0 Å². The summed E-state index contributed by atoms with van der Waals surface area (Å²) in [4.78, 5) is 22.8. The lowest BCUT2D eigenvalue weighted by Crippen LogP contribution is -2.35. The fourth-order valence-corrected chi connectivity index (χ4v) is 2.25. The summed E-state index contributed by atoms with van der Waals surface area (Å²) in [7, 11) is 0. The van der Waals surface area contributed by atoms with Crippen LogP contribution in [0.3, 0.4) is 0 Å². The lowest BCUT2D eigenvalue weighted by molar-refractivity contribution is -0.122. The van der Waals surface area contributed by atoms with Crippen molar-refractivity contribution in [1.29, 1.82) is 0 Å². The van der Waals surface area contributed by atoms with Crippen molar-refractivity contribution in [2.45, 2.75) is 32.4 Å². The van der Waals surface area contributed by atoms with Gasteiger partial charge in [0.25, 0.3) is 0 Å². The van der Waals surface area contributed by atoms with E-state index in [-0.39, 0.29) is 18.5 Å². The molecule has 0 unspecified atom stereocenters. The zero-order chi connectivity index (χ0) is 15.1. The third-order valence-corrected chi connectivity index (χ3v) is 3.42. The number of amides is 1. The number of hydrogen-bond donors (Lipinski definition) is 1. The van der Waals surface area contributed by atoms with Crippen molar-refractivity contribution in [3.63, 3.8) is 0 Å². The second-order valence-corrected chi connectivity index (χ2v) is 5.17. The molecule has 0 spiro atoms. The lowest BCUT2D eigenvalue weighted by Gasteiger charge is -2.14. The van der Waals surface area contributed by atoms with Crippen LogP contribution in [0.25, 0.3) is 0 Å². The highest BCUT2D eigenvalue weighted by Gasteiger charge is 2.09. The van der Waals surface area contributed by atoms with Gasteiger partial charge < -0.3 is 9.88 Å². The predicted octanol–water partition coefficient (Wildman–Crippen LogP) is 2.44. The van der Waals surface area contributed by atoms with Crippen LogP contribution in [0.4, 0.5) is 0 Å². The van der Waals surface area contributed by atoms with Crippen LogP contribution in [0.1, 0.15) is 29.4 Å². The molecule has 1 aromatic heterocycles. The molecule has 4 heteroatoms. The predicted molar refractivity (Wildman–Crippen MR) is 82.2 cm³/mol. The number of aldehydes is 1. The first kappa shape index (κ1) is 15.0. The Kier molecular flexibility index (Phi) is 5.32.